The summed E-state index contributed by atoms with van der Waals surface area (Å²) in [5.74, 6) is -1.39. The molecule has 21 heavy (non-hydrogen) atoms. The van der Waals surface area contributed by atoms with Gasteiger partial charge in [-0.25, -0.2) is 9.97 Å². The Labute approximate surface area is 120 Å². The van der Waals surface area contributed by atoms with Gasteiger partial charge in [-0.3, -0.25) is 4.79 Å². The summed E-state index contributed by atoms with van der Waals surface area (Å²) >= 11 is 0. The van der Waals surface area contributed by atoms with Gasteiger partial charge >= 0.3 is 6.18 Å². The van der Waals surface area contributed by atoms with Crippen LogP contribution in [0.15, 0.2) is 6.20 Å². The number of rotatable bonds is 6. The number of alkyl halides is 3. The van der Waals surface area contributed by atoms with E-state index in [9.17, 15) is 18.0 Å². The van der Waals surface area contributed by atoms with Crippen LogP contribution in [0.5, 0.6) is 0 Å². The van der Waals surface area contributed by atoms with Crippen molar-refractivity contribution in [3.8, 4) is 0 Å². The van der Waals surface area contributed by atoms with E-state index in [0.29, 0.717) is 6.54 Å². The number of halogens is 3. The molecule has 0 aliphatic heterocycles. The first-order chi connectivity index (χ1) is 9.79. The summed E-state index contributed by atoms with van der Waals surface area (Å²) in [6.07, 6.45) is -3.97. The number of hydrogen-bond donors (Lipinski definition) is 2. The second-order valence-corrected chi connectivity index (χ2v) is 4.27. The number of nitrogens with zero attached hydrogens (tertiary/aromatic N) is 3. The Hall–Kier alpha value is -1.90. The van der Waals surface area contributed by atoms with Crippen LogP contribution >= 0.6 is 0 Å². The van der Waals surface area contributed by atoms with Crippen molar-refractivity contribution in [2.24, 2.45) is 0 Å². The molecule has 1 heterocycles. The summed E-state index contributed by atoms with van der Waals surface area (Å²) in [6, 6.07) is 0. The summed E-state index contributed by atoms with van der Waals surface area (Å²) in [6.45, 7) is 6.30. The number of anilines is 1. The largest absolute Gasteiger partial charge is 0.434 e. The minimum absolute atomic E-state index is 0.238. The lowest BCUT2D eigenvalue weighted by Gasteiger charge is -2.18. The summed E-state index contributed by atoms with van der Waals surface area (Å²) in [4.78, 5) is 20.4. The lowest BCUT2D eigenvalue weighted by molar-refractivity contribution is -0.141. The fourth-order valence-electron chi connectivity index (χ4n) is 1.74. The topological polar surface area (TPSA) is 84.1 Å². The van der Waals surface area contributed by atoms with Crippen LogP contribution in [-0.4, -0.2) is 47.0 Å². The predicted molar refractivity (Wildman–Crippen MR) is 71.6 cm³/mol. The summed E-state index contributed by atoms with van der Waals surface area (Å²) in [5, 5.41) is 2.43. The van der Waals surface area contributed by atoms with Crippen LogP contribution in [0.3, 0.4) is 0 Å². The van der Waals surface area contributed by atoms with Gasteiger partial charge in [-0.1, -0.05) is 13.8 Å². The third-order valence-corrected chi connectivity index (χ3v) is 2.93. The maximum atomic E-state index is 12.8. The third-order valence-electron chi connectivity index (χ3n) is 2.93. The number of carbonyl (C=O) groups is 1. The van der Waals surface area contributed by atoms with Crippen molar-refractivity contribution in [3.63, 3.8) is 0 Å². The third kappa shape index (κ3) is 4.85. The lowest BCUT2D eigenvalue weighted by atomic mass is 10.2. The fourth-order valence-corrected chi connectivity index (χ4v) is 1.74. The quantitative estimate of drug-likeness (QED) is 0.823. The number of carbonyl (C=O) groups excluding carboxylic acids is 1. The molecule has 0 saturated carbocycles. The fraction of sp³-hybridized carbons (Fsp3) is 0.583. The molecule has 1 aromatic heterocycles. The van der Waals surface area contributed by atoms with E-state index in [-0.39, 0.29) is 6.54 Å². The van der Waals surface area contributed by atoms with Gasteiger partial charge in [0.15, 0.2) is 5.69 Å². The molecule has 0 saturated heterocycles. The van der Waals surface area contributed by atoms with Gasteiger partial charge in [0.25, 0.3) is 5.91 Å². The maximum absolute atomic E-state index is 12.8. The van der Waals surface area contributed by atoms with Crippen LogP contribution in [0.1, 0.15) is 29.9 Å². The first kappa shape index (κ1) is 17.2. The molecule has 0 unspecified atom stereocenters. The number of likely N-dealkylation sites (N-methyl/N-ethyl adjacent to an activating group) is 1. The monoisotopic (exact) mass is 305 g/mol. The van der Waals surface area contributed by atoms with Crippen molar-refractivity contribution in [1.82, 2.24) is 20.2 Å². The molecule has 0 radical (unpaired) electrons. The molecule has 0 atom stereocenters. The smallest absolute Gasteiger partial charge is 0.368 e. The molecule has 6 nitrogen and oxygen atoms in total. The Balaban J connectivity index is 2.79. The van der Waals surface area contributed by atoms with Gasteiger partial charge in [0, 0.05) is 19.3 Å². The Morgan fingerprint density at radius 3 is 2.52 bits per heavy atom. The zero-order chi connectivity index (χ0) is 16.0. The van der Waals surface area contributed by atoms with Crippen LogP contribution < -0.4 is 11.1 Å². The molecule has 0 aliphatic carbocycles. The minimum Gasteiger partial charge on any atom is -0.368 e. The van der Waals surface area contributed by atoms with Crippen molar-refractivity contribution in [3.05, 3.63) is 17.5 Å². The van der Waals surface area contributed by atoms with Gasteiger partial charge in [0.1, 0.15) is 0 Å². The number of amides is 1. The van der Waals surface area contributed by atoms with E-state index >= 15 is 0 Å². The highest BCUT2D eigenvalue weighted by Crippen LogP contribution is 2.30. The molecule has 9 heteroatoms. The zero-order valence-electron chi connectivity index (χ0n) is 11.9. The average Bonchev–Trinajstić information content (AvgIpc) is 2.42. The summed E-state index contributed by atoms with van der Waals surface area (Å²) < 4.78 is 38.4. The minimum atomic E-state index is -4.76. The van der Waals surface area contributed by atoms with Gasteiger partial charge in [-0.2, -0.15) is 13.2 Å². The Morgan fingerprint density at radius 2 is 2.00 bits per heavy atom. The molecular weight excluding hydrogens is 287 g/mol. The van der Waals surface area contributed by atoms with Crippen molar-refractivity contribution in [1.29, 1.82) is 0 Å². The van der Waals surface area contributed by atoms with Gasteiger partial charge in [-0.15, -0.1) is 0 Å². The van der Waals surface area contributed by atoms with E-state index < -0.39 is 29.3 Å². The molecule has 118 valence electrons. The van der Waals surface area contributed by atoms with E-state index in [2.05, 4.69) is 15.3 Å². The van der Waals surface area contributed by atoms with Gasteiger partial charge in [0.2, 0.25) is 5.95 Å². The SMILES string of the molecule is CCN(CC)CCNC(=O)c1cnc(N)nc1C(F)(F)F. The van der Waals surface area contributed by atoms with Crippen molar-refractivity contribution in [2.75, 3.05) is 31.9 Å². The normalized spacial score (nSPS) is 11.7. The van der Waals surface area contributed by atoms with Crippen LogP contribution in [-0.2, 0) is 6.18 Å². The highest BCUT2D eigenvalue weighted by atomic mass is 19.4. The molecule has 0 aromatic carbocycles. The molecule has 3 N–H and O–H groups in total. The molecule has 1 aromatic rings. The van der Waals surface area contributed by atoms with E-state index in [4.69, 9.17) is 5.73 Å². The highest BCUT2D eigenvalue weighted by Gasteiger charge is 2.37. The number of hydrogen-bond acceptors (Lipinski definition) is 5. The number of nitrogens with two attached hydrogens (primary N) is 1. The van der Waals surface area contributed by atoms with Crippen molar-refractivity contribution >= 4 is 11.9 Å². The van der Waals surface area contributed by atoms with E-state index in [1.165, 1.54) is 0 Å². The van der Waals surface area contributed by atoms with E-state index in [1.807, 2.05) is 18.7 Å². The number of nitrogens with one attached hydrogen (secondary N) is 1. The predicted octanol–water partition coefficient (Wildman–Crippen LogP) is 1.15. The van der Waals surface area contributed by atoms with Crippen LogP contribution in [0.25, 0.3) is 0 Å². The van der Waals surface area contributed by atoms with Crippen LogP contribution in [0.2, 0.25) is 0 Å². The van der Waals surface area contributed by atoms with Crippen LogP contribution in [0.4, 0.5) is 19.1 Å². The Morgan fingerprint density at radius 1 is 1.38 bits per heavy atom. The second kappa shape index (κ2) is 7.21. The summed E-state index contributed by atoms with van der Waals surface area (Å²) in [7, 11) is 0. The molecule has 0 fully saturated rings. The molecule has 0 spiro atoms. The van der Waals surface area contributed by atoms with Gasteiger partial charge < -0.3 is 16.0 Å². The molecular formula is C12H18F3N5O. The van der Waals surface area contributed by atoms with Crippen molar-refractivity contribution in [2.45, 2.75) is 20.0 Å². The van der Waals surface area contributed by atoms with Gasteiger partial charge in [-0.05, 0) is 13.1 Å². The molecule has 0 aliphatic rings. The van der Waals surface area contributed by atoms with Crippen molar-refractivity contribution < 1.29 is 18.0 Å². The zero-order valence-corrected chi connectivity index (χ0v) is 11.9. The first-order valence-corrected chi connectivity index (χ1v) is 6.49. The number of nitrogen functional groups attached to an aromatic ring is 1. The first-order valence-electron chi connectivity index (χ1n) is 6.49. The molecule has 1 amide bonds. The maximum Gasteiger partial charge on any atom is 0.434 e. The van der Waals surface area contributed by atoms with Gasteiger partial charge in [0.05, 0.1) is 5.56 Å². The average molecular weight is 305 g/mol. The van der Waals surface area contributed by atoms with E-state index in [1.54, 1.807) is 0 Å². The lowest BCUT2D eigenvalue weighted by Crippen LogP contribution is -2.35. The highest BCUT2D eigenvalue weighted by molar-refractivity contribution is 5.95. The van der Waals surface area contributed by atoms with E-state index in [0.717, 1.165) is 19.3 Å². The standard InChI is InChI=1S/C12H18F3N5O/c1-3-20(4-2)6-5-17-10(21)8-7-18-11(16)19-9(8)12(13,14)15/h7H,3-6H2,1-2H3,(H,17,21)(H2,16,18,19). The summed E-state index contributed by atoms with van der Waals surface area (Å²) in [5.41, 5.74) is 3.19. The molecule has 1 rings (SSSR count). The second-order valence-electron chi connectivity index (χ2n) is 4.27. The Kier molecular flexibility index (Phi) is 5.89. The Bertz CT molecular complexity index is 488. The number of aromatic nitrogens is 2. The van der Waals surface area contributed by atoms with Crippen LogP contribution in [0, 0.1) is 0 Å². The molecule has 0 bridgehead atoms.